The average molecular weight is 171 g/mol. The van der Waals surface area contributed by atoms with E-state index in [9.17, 15) is 0 Å². The Morgan fingerprint density at radius 2 is 2.00 bits per heavy atom. The Balaban J connectivity index is 2.62. The summed E-state index contributed by atoms with van der Waals surface area (Å²) in [5, 5.41) is 0. The normalized spacial score (nSPS) is 31.0. The second kappa shape index (κ2) is 3.35. The molecule has 0 aromatic carbocycles. The Morgan fingerprint density at radius 1 is 1.42 bits per heavy atom. The van der Waals surface area contributed by atoms with Crippen molar-refractivity contribution >= 4 is 0 Å². The molecule has 12 heavy (non-hydrogen) atoms. The molecule has 2 N–H and O–H groups in total. The fourth-order valence-electron chi connectivity index (χ4n) is 1.88. The third-order valence-corrected chi connectivity index (χ3v) is 3.01. The summed E-state index contributed by atoms with van der Waals surface area (Å²) in [6, 6.07) is 0.280. The molecule has 0 aromatic rings. The SMILES string of the molecule is CC(C)C(N)C1COCC1(C)C. The summed E-state index contributed by atoms with van der Waals surface area (Å²) in [6.07, 6.45) is 0. The summed E-state index contributed by atoms with van der Waals surface area (Å²) in [7, 11) is 0. The lowest BCUT2D eigenvalue weighted by Crippen LogP contribution is -2.42. The lowest BCUT2D eigenvalue weighted by molar-refractivity contribution is 0.166. The Bertz CT molecular complexity index is 154. The lowest BCUT2D eigenvalue weighted by Gasteiger charge is -2.31. The number of hydrogen-bond donors (Lipinski definition) is 1. The second-order valence-electron chi connectivity index (χ2n) is 4.93. The van der Waals surface area contributed by atoms with Crippen molar-refractivity contribution in [2.24, 2.45) is 23.0 Å². The van der Waals surface area contributed by atoms with Crippen molar-refractivity contribution in [3.05, 3.63) is 0 Å². The highest BCUT2D eigenvalue weighted by Crippen LogP contribution is 2.36. The number of nitrogens with two attached hydrogens (primary N) is 1. The van der Waals surface area contributed by atoms with Crippen molar-refractivity contribution in [1.29, 1.82) is 0 Å². The van der Waals surface area contributed by atoms with E-state index in [-0.39, 0.29) is 11.5 Å². The van der Waals surface area contributed by atoms with Gasteiger partial charge in [-0.2, -0.15) is 0 Å². The summed E-state index contributed by atoms with van der Waals surface area (Å²) >= 11 is 0. The standard InChI is InChI=1S/C10H21NO/c1-7(2)9(11)8-5-12-6-10(8,3)4/h7-9H,5-6,11H2,1-4H3. The zero-order valence-corrected chi connectivity index (χ0v) is 8.63. The third kappa shape index (κ3) is 1.80. The van der Waals surface area contributed by atoms with Crippen LogP contribution in [-0.2, 0) is 4.74 Å². The van der Waals surface area contributed by atoms with Crippen LogP contribution in [0, 0.1) is 17.3 Å². The molecule has 1 aliphatic heterocycles. The molecule has 2 atom stereocenters. The molecule has 2 nitrogen and oxygen atoms in total. The summed E-state index contributed by atoms with van der Waals surface area (Å²) in [6.45, 7) is 10.5. The first kappa shape index (κ1) is 10.0. The van der Waals surface area contributed by atoms with Crippen molar-refractivity contribution < 1.29 is 4.74 Å². The predicted octanol–water partition coefficient (Wildman–Crippen LogP) is 1.64. The highest BCUT2D eigenvalue weighted by Gasteiger charge is 2.40. The molecule has 0 radical (unpaired) electrons. The molecule has 0 bridgehead atoms. The Morgan fingerprint density at radius 3 is 2.33 bits per heavy atom. The van der Waals surface area contributed by atoms with Crippen molar-refractivity contribution in [2.75, 3.05) is 13.2 Å². The first-order chi connectivity index (χ1) is 5.45. The van der Waals surface area contributed by atoms with Crippen LogP contribution < -0.4 is 5.73 Å². The minimum Gasteiger partial charge on any atom is -0.381 e. The van der Waals surface area contributed by atoms with Crippen molar-refractivity contribution in [3.63, 3.8) is 0 Å². The second-order valence-corrected chi connectivity index (χ2v) is 4.93. The van der Waals surface area contributed by atoms with E-state index in [4.69, 9.17) is 10.5 Å². The summed E-state index contributed by atoms with van der Waals surface area (Å²) in [5.41, 5.74) is 6.38. The molecule has 1 heterocycles. The van der Waals surface area contributed by atoms with E-state index in [1.807, 2.05) is 0 Å². The van der Waals surface area contributed by atoms with Crippen LogP contribution in [0.4, 0.5) is 0 Å². The maximum Gasteiger partial charge on any atom is 0.0521 e. The Kier molecular flexibility index (Phi) is 2.79. The van der Waals surface area contributed by atoms with Gasteiger partial charge in [0.15, 0.2) is 0 Å². The van der Waals surface area contributed by atoms with E-state index in [1.54, 1.807) is 0 Å². The van der Waals surface area contributed by atoms with Crippen molar-refractivity contribution in [3.8, 4) is 0 Å². The van der Waals surface area contributed by atoms with Gasteiger partial charge >= 0.3 is 0 Å². The molecular weight excluding hydrogens is 150 g/mol. The molecule has 0 aliphatic carbocycles. The highest BCUT2D eigenvalue weighted by molar-refractivity contribution is 4.90. The van der Waals surface area contributed by atoms with Crippen LogP contribution >= 0.6 is 0 Å². The van der Waals surface area contributed by atoms with Crippen LogP contribution in [0.2, 0.25) is 0 Å². The predicted molar refractivity (Wildman–Crippen MR) is 50.9 cm³/mol. The minimum absolute atomic E-state index is 0.268. The topological polar surface area (TPSA) is 35.2 Å². The summed E-state index contributed by atoms with van der Waals surface area (Å²) < 4.78 is 5.46. The maximum atomic E-state index is 6.12. The number of ether oxygens (including phenoxy) is 1. The zero-order valence-electron chi connectivity index (χ0n) is 8.63. The lowest BCUT2D eigenvalue weighted by atomic mass is 9.75. The van der Waals surface area contributed by atoms with Gasteiger partial charge < -0.3 is 10.5 Å². The van der Waals surface area contributed by atoms with Gasteiger partial charge in [0.25, 0.3) is 0 Å². The van der Waals surface area contributed by atoms with Crippen LogP contribution in [0.3, 0.4) is 0 Å². The Hall–Kier alpha value is -0.0800. The quantitative estimate of drug-likeness (QED) is 0.685. The van der Waals surface area contributed by atoms with Crippen LogP contribution in [0.1, 0.15) is 27.7 Å². The van der Waals surface area contributed by atoms with E-state index in [0.29, 0.717) is 11.8 Å². The molecule has 2 heteroatoms. The molecule has 1 aliphatic rings. The van der Waals surface area contributed by atoms with E-state index >= 15 is 0 Å². The third-order valence-electron chi connectivity index (χ3n) is 3.01. The van der Waals surface area contributed by atoms with Crippen LogP contribution in [0.5, 0.6) is 0 Å². The summed E-state index contributed by atoms with van der Waals surface area (Å²) in [4.78, 5) is 0. The molecule has 0 saturated carbocycles. The molecule has 72 valence electrons. The van der Waals surface area contributed by atoms with Crippen molar-refractivity contribution in [2.45, 2.75) is 33.7 Å². The van der Waals surface area contributed by atoms with Gasteiger partial charge in [0, 0.05) is 12.0 Å². The molecule has 0 aromatic heterocycles. The van der Waals surface area contributed by atoms with Gasteiger partial charge in [-0.25, -0.2) is 0 Å². The molecule has 0 spiro atoms. The molecule has 1 saturated heterocycles. The molecule has 1 fully saturated rings. The first-order valence-electron chi connectivity index (χ1n) is 4.78. The maximum absolute atomic E-state index is 6.12. The van der Waals surface area contributed by atoms with Gasteiger partial charge in [0.2, 0.25) is 0 Å². The van der Waals surface area contributed by atoms with Gasteiger partial charge in [-0.15, -0.1) is 0 Å². The van der Waals surface area contributed by atoms with E-state index in [2.05, 4.69) is 27.7 Å². The Labute approximate surface area is 75.5 Å². The fraction of sp³-hybridized carbons (Fsp3) is 1.00. The van der Waals surface area contributed by atoms with E-state index < -0.39 is 0 Å². The fourth-order valence-corrected chi connectivity index (χ4v) is 1.88. The van der Waals surface area contributed by atoms with Gasteiger partial charge in [-0.05, 0) is 11.3 Å². The van der Waals surface area contributed by atoms with Gasteiger partial charge in [-0.3, -0.25) is 0 Å². The van der Waals surface area contributed by atoms with Crippen molar-refractivity contribution in [1.82, 2.24) is 0 Å². The molecular formula is C10H21NO. The van der Waals surface area contributed by atoms with Crippen LogP contribution in [0.15, 0.2) is 0 Å². The average Bonchev–Trinajstić information content (AvgIpc) is 2.27. The number of hydrogen-bond acceptors (Lipinski definition) is 2. The largest absolute Gasteiger partial charge is 0.381 e. The molecule has 2 unspecified atom stereocenters. The van der Waals surface area contributed by atoms with Crippen LogP contribution in [0.25, 0.3) is 0 Å². The van der Waals surface area contributed by atoms with Gasteiger partial charge in [0.1, 0.15) is 0 Å². The van der Waals surface area contributed by atoms with Gasteiger partial charge in [0.05, 0.1) is 13.2 Å². The zero-order chi connectivity index (χ0) is 9.35. The summed E-state index contributed by atoms with van der Waals surface area (Å²) in [5.74, 6) is 1.08. The molecule has 0 amide bonds. The monoisotopic (exact) mass is 171 g/mol. The first-order valence-corrected chi connectivity index (χ1v) is 4.78. The van der Waals surface area contributed by atoms with E-state index in [1.165, 1.54) is 0 Å². The minimum atomic E-state index is 0.268. The smallest absolute Gasteiger partial charge is 0.0521 e. The van der Waals surface area contributed by atoms with Gasteiger partial charge in [-0.1, -0.05) is 27.7 Å². The van der Waals surface area contributed by atoms with E-state index in [0.717, 1.165) is 13.2 Å². The molecule has 1 rings (SSSR count). The highest BCUT2D eigenvalue weighted by atomic mass is 16.5. The van der Waals surface area contributed by atoms with Crippen LogP contribution in [-0.4, -0.2) is 19.3 Å². The number of rotatable bonds is 2.